The summed E-state index contributed by atoms with van der Waals surface area (Å²) in [5.41, 5.74) is 0. The normalized spacial score (nSPS) is 12.4. The summed E-state index contributed by atoms with van der Waals surface area (Å²) in [4.78, 5) is 0. The van der Waals surface area contributed by atoms with Gasteiger partial charge in [0.05, 0.1) is 0 Å². The first-order valence-corrected chi connectivity index (χ1v) is 9.94. The van der Waals surface area contributed by atoms with Gasteiger partial charge in [0.25, 0.3) is 0 Å². The van der Waals surface area contributed by atoms with Crippen LogP contribution in [0.4, 0.5) is 0 Å². The Bertz CT molecular complexity index is 129. The average Bonchev–Trinajstić information content (AvgIpc) is 2.07. The maximum atomic E-state index is 5.84. The molecule has 85 valence electrons. The Balaban J connectivity index is 3.84. The van der Waals surface area contributed by atoms with E-state index in [2.05, 4.69) is 33.5 Å². The molecular weight excluding hydrogens is 212 g/mol. The van der Waals surface area contributed by atoms with Crippen molar-refractivity contribution in [2.75, 3.05) is 13.2 Å². The van der Waals surface area contributed by atoms with Crippen LogP contribution in [-0.4, -0.2) is 31.1 Å². The van der Waals surface area contributed by atoms with Crippen molar-refractivity contribution in [3.05, 3.63) is 0 Å². The van der Waals surface area contributed by atoms with Gasteiger partial charge in [0.2, 0.25) is 0 Å². The van der Waals surface area contributed by atoms with Gasteiger partial charge in [-0.3, -0.25) is 0 Å². The van der Waals surface area contributed by atoms with Crippen molar-refractivity contribution in [3.8, 4) is 0 Å². The van der Waals surface area contributed by atoms with Crippen molar-refractivity contribution in [2.45, 2.75) is 46.3 Å². The second kappa shape index (κ2) is 7.59. The molecule has 14 heavy (non-hydrogen) atoms. The van der Waals surface area contributed by atoms with Crippen molar-refractivity contribution >= 4 is 17.8 Å². The average molecular weight is 235 g/mol. The molecule has 0 N–H and O–H groups in total. The van der Waals surface area contributed by atoms with Gasteiger partial charge in [-0.1, -0.05) is 13.8 Å². The zero-order valence-electron chi connectivity index (χ0n) is 10.1. The van der Waals surface area contributed by atoms with E-state index in [-0.39, 0.29) is 0 Å². The molecule has 0 aliphatic heterocycles. The van der Waals surface area contributed by atoms with E-state index in [0.717, 1.165) is 26.1 Å². The first kappa shape index (κ1) is 14.3. The molecule has 5 heteroatoms. The van der Waals surface area contributed by atoms with Crippen LogP contribution in [0, 0.1) is 0 Å². The summed E-state index contributed by atoms with van der Waals surface area (Å²) in [5.74, 6) is 0. The van der Waals surface area contributed by atoms with E-state index >= 15 is 0 Å². The monoisotopic (exact) mass is 235 g/mol. The molecule has 0 heterocycles. The largest absolute Gasteiger partial charge is 0.566 e. The Morgan fingerprint density at radius 2 is 1.36 bits per heavy atom. The zero-order chi connectivity index (χ0) is 11.0. The van der Waals surface area contributed by atoms with Crippen molar-refractivity contribution in [2.24, 2.45) is 0 Å². The van der Waals surface area contributed by atoms with E-state index in [4.69, 9.17) is 13.0 Å². The Kier molecular flexibility index (Phi) is 7.76. The minimum Gasteiger partial charge on any atom is -0.414 e. The highest BCUT2D eigenvalue weighted by molar-refractivity contribution is 6.74. The van der Waals surface area contributed by atoms with E-state index in [0.29, 0.717) is 0 Å². The topological polar surface area (TPSA) is 27.7 Å². The van der Waals surface area contributed by atoms with Gasteiger partial charge in [0.1, 0.15) is 0 Å². The first-order chi connectivity index (χ1) is 6.49. The lowest BCUT2D eigenvalue weighted by molar-refractivity contribution is 0.138. The van der Waals surface area contributed by atoms with E-state index in [1.807, 2.05) is 0 Å². The van der Waals surface area contributed by atoms with Crippen LogP contribution in [0.1, 0.15) is 26.7 Å². The van der Waals surface area contributed by atoms with Crippen LogP contribution in [-0.2, 0) is 13.0 Å². The first-order valence-electron chi connectivity index (χ1n) is 5.31. The molecule has 0 fully saturated rings. The van der Waals surface area contributed by atoms with Crippen molar-refractivity contribution in [1.82, 2.24) is 0 Å². The summed E-state index contributed by atoms with van der Waals surface area (Å²) < 4.78 is 17.0. The number of hydrogen-bond acceptors (Lipinski definition) is 3. The summed E-state index contributed by atoms with van der Waals surface area (Å²) in [6, 6.07) is 0. The molecule has 0 aliphatic carbocycles. The van der Waals surface area contributed by atoms with Gasteiger partial charge in [0.15, 0.2) is 8.32 Å². The predicted octanol–water partition coefficient (Wildman–Crippen LogP) is 2.68. The standard InChI is InChI=1S/C9H23O3Si2/c1-6-8-10-13(11-9-7-2)12-14(3,4)5/h6-9H2,1-5H3. The molecular formula is C9H23O3Si2. The third-order valence-corrected chi connectivity index (χ3v) is 5.23. The second-order valence-corrected chi connectivity index (χ2v) is 10.3. The van der Waals surface area contributed by atoms with Crippen molar-refractivity contribution in [1.29, 1.82) is 0 Å². The molecule has 0 amide bonds. The van der Waals surface area contributed by atoms with Crippen LogP contribution >= 0.6 is 0 Å². The fourth-order valence-corrected chi connectivity index (χ4v) is 4.02. The van der Waals surface area contributed by atoms with E-state index in [1.165, 1.54) is 0 Å². The van der Waals surface area contributed by atoms with Crippen molar-refractivity contribution < 1.29 is 13.0 Å². The lowest BCUT2D eigenvalue weighted by atomic mass is 10.5. The van der Waals surface area contributed by atoms with Gasteiger partial charge in [-0.05, 0) is 32.5 Å². The fraction of sp³-hybridized carbons (Fsp3) is 1.00. The third-order valence-electron chi connectivity index (χ3n) is 1.24. The van der Waals surface area contributed by atoms with Crippen LogP contribution in [0.3, 0.4) is 0 Å². The Labute approximate surface area is 90.9 Å². The summed E-state index contributed by atoms with van der Waals surface area (Å²) in [5, 5.41) is 0. The fourth-order valence-electron chi connectivity index (χ4n) is 0.721. The smallest absolute Gasteiger partial charge is 0.414 e. The van der Waals surface area contributed by atoms with Gasteiger partial charge in [-0.25, -0.2) is 0 Å². The highest BCUT2D eigenvalue weighted by Crippen LogP contribution is 2.07. The molecule has 0 saturated heterocycles. The van der Waals surface area contributed by atoms with E-state index in [1.54, 1.807) is 0 Å². The molecule has 0 spiro atoms. The van der Waals surface area contributed by atoms with Crippen LogP contribution < -0.4 is 0 Å². The van der Waals surface area contributed by atoms with E-state index < -0.39 is 17.8 Å². The highest BCUT2D eigenvalue weighted by atomic mass is 28.4. The number of rotatable bonds is 8. The third kappa shape index (κ3) is 8.89. The molecule has 1 radical (unpaired) electrons. The molecule has 0 aromatic heterocycles. The summed E-state index contributed by atoms with van der Waals surface area (Å²) in [6.07, 6.45) is 2.03. The molecule has 0 aromatic carbocycles. The Hall–Kier alpha value is 0.314. The van der Waals surface area contributed by atoms with Gasteiger partial charge in [-0.2, -0.15) is 0 Å². The van der Waals surface area contributed by atoms with Gasteiger partial charge in [0, 0.05) is 13.2 Å². The Morgan fingerprint density at radius 1 is 0.929 bits per heavy atom. The van der Waals surface area contributed by atoms with E-state index in [9.17, 15) is 0 Å². The predicted molar refractivity (Wildman–Crippen MR) is 62.7 cm³/mol. The van der Waals surface area contributed by atoms with Crippen LogP contribution in [0.2, 0.25) is 19.6 Å². The molecule has 0 aliphatic rings. The quantitative estimate of drug-likeness (QED) is 0.605. The molecule has 0 saturated carbocycles. The summed E-state index contributed by atoms with van der Waals surface area (Å²) in [6.45, 7) is 12.1. The molecule has 0 atom stereocenters. The second-order valence-electron chi connectivity index (χ2n) is 4.16. The minimum atomic E-state index is -1.53. The Morgan fingerprint density at radius 3 is 1.64 bits per heavy atom. The molecule has 0 rings (SSSR count). The van der Waals surface area contributed by atoms with Gasteiger partial charge < -0.3 is 13.0 Å². The molecule has 0 unspecified atom stereocenters. The van der Waals surface area contributed by atoms with Crippen LogP contribution in [0.25, 0.3) is 0 Å². The van der Waals surface area contributed by atoms with Crippen LogP contribution in [0.5, 0.6) is 0 Å². The maximum Gasteiger partial charge on any atom is 0.566 e. The molecule has 3 nitrogen and oxygen atoms in total. The van der Waals surface area contributed by atoms with Crippen LogP contribution in [0.15, 0.2) is 0 Å². The highest BCUT2D eigenvalue weighted by Gasteiger charge is 2.27. The van der Waals surface area contributed by atoms with Crippen molar-refractivity contribution in [3.63, 3.8) is 0 Å². The maximum absolute atomic E-state index is 5.84. The minimum absolute atomic E-state index is 0.739. The summed E-state index contributed by atoms with van der Waals surface area (Å²) in [7, 11) is -2.99. The zero-order valence-corrected chi connectivity index (χ0v) is 12.1. The van der Waals surface area contributed by atoms with Gasteiger partial charge >= 0.3 is 9.53 Å². The molecule has 0 aromatic rings. The summed E-state index contributed by atoms with van der Waals surface area (Å²) >= 11 is 0. The van der Waals surface area contributed by atoms with Gasteiger partial charge in [-0.15, -0.1) is 0 Å². The number of hydrogen-bond donors (Lipinski definition) is 0. The lowest BCUT2D eigenvalue weighted by Crippen LogP contribution is -2.39. The molecule has 0 bridgehead atoms. The lowest BCUT2D eigenvalue weighted by Gasteiger charge is -2.22. The SMILES string of the molecule is CCCO[Si](OCCC)O[Si](C)(C)C.